The molecule has 10 heteroatoms. The van der Waals surface area contributed by atoms with Crippen LogP contribution in [0.5, 0.6) is 0 Å². The third kappa shape index (κ3) is 4.72. The zero-order chi connectivity index (χ0) is 27.1. The number of nitrogens with zero attached hydrogens (tertiary/aromatic N) is 6. The summed E-state index contributed by atoms with van der Waals surface area (Å²) in [6.45, 7) is 10.5. The molecule has 6 aromatic rings. The van der Waals surface area contributed by atoms with Crippen molar-refractivity contribution >= 4 is 27.8 Å². The van der Waals surface area contributed by atoms with Crippen LogP contribution < -0.4 is 5.32 Å². The van der Waals surface area contributed by atoms with E-state index in [-0.39, 0.29) is 16.5 Å². The van der Waals surface area contributed by atoms with Crippen LogP contribution in [0, 0.1) is 11.2 Å². The van der Waals surface area contributed by atoms with Crippen LogP contribution in [0.3, 0.4) is 0 Å². The van der Waals surface area contributed by atoms with Gasteiger partial charge in [0.05, 0.1) is 40.2 Å². The lowest BCUT2D eigenvalue weighted by molar-refractivity contribution is 0.411. The lowest BCUT2D eigenvalue weighted by atomic mass is 9.91. The van der Waals surface area contributed by atoms with Crippen LogP contribution in [-0.4, -0.2) is 40.1 Å². The number of anilines is 1. The van der Waals surface area contributed by atoms with Crippen molar-refractivity contribution in [3.8, 4) is 34.0 Å². The highest BCUT2D eigenvalue weighted by atomic mass is 19.1. The summed E-state index contributed by atoms with van der Waals surface area (Å²) in [7, 11) is 0. The van der Waals surface area contributed by atoms with Crippen LogP contribution in [0.2, 0.25) is 0 Å². The molecule has 39 heavy (non-hydrogen) atoms. The van der Waals surface area contributed by atoms with Gasteiger partial charge in [0, 0.05) is 35.4 Å². The number of aromatic nitrogens is 8. The molecule has 0 radical (unpaired) electrons. The fourth-order valence-corrected chi connectivity index (χ4v) is 4.63. The first-order valence-electron chi connectivity index (χ1n) is 12.5. The predicted octanol–water partition coefficient (Wildman–Crippen LogP) is 6.52. The smallest absolute Gasteiger partial charge is 0.178 e. The third-order valence-corrected chi connectivity index (χ3v) is 6.18. The summed E-state index contributed by atoms with van der Waals surface area (Å²) in [4.78, 5) is 25.4. The van der Waals surface area contributed by atoms with Crippen LogP contribution in [0.25, 0.3) is 56.1 Å². The predicted molar refractivity (Wildman–Crippen MR) is 150 cm³/mol. The highest BCUT2D eigenvalue weighted by Gasteiger charge is 2.22. The molecule has 0 atom stereocenters. The lowest BCUT2D eigenvalue weighted by Crippen LogP contribution is -2.10. The summed E-state index contributed by atoms with van der Waals surface area (Å²) in [5.41, 5.74) is 5.89. The number of rotatable bonds is 6. The molecule has 194 valence electrons. The minimum Gasteiger partial charge on any atom is -0.358 e. The Balaban J connectivity index is 1.40. The number of hydrogen-bond donors (Lipinski definition) is 3. The third-order valence-electron chi connectivity index (χ3n) is 6.18. The molecule has 3 N–H and O–H groups in total. The maximum atomic E-state index is 16.1. The molecule has 0 aliphatic carbocycles. The number of allylic oxidation sites excluding steroid dienone is 1. The van der Waals surface area contributed by atoms with Crippen molar-refractivity contribution in [2.75, 3.05) is 5.32 Å². The molecule has 6 rings (SSSR count). The number of H-pyrrole nitrogens is 2. The van der Waals surface area contributed by atoms with E-state index in [4.69, 9.17) is 0 Å². The maximum absolute atomic E-state index is 16.1. The molecule has 0 fully saturated rings. The molecule has 0 amide bonds. The molecule has 0 aromatic carbocycles. The zero-order valence-electron chi connectivity index (χ0n) is 21.7. The topological polar surface area (TPSA) is 121 Å². The van der Waals surface area contributed by atoms with Crippen molar-refractivity contribution in [3.05, 3.63) is 79.4 Å². The number of nitrogens with one attached hydrogen (secondary N) is 3. The fraction of sp³-hybridized carbons (Fsp3) is 0.172. The van der Waals surface area contributed by atoms with E-state index in [2.05, 4.69) is 72.8 Å². The van der Waals surface area contributed by atoms with Gasteiger partial charge in [0.25, 0.3) is 0 Å². The summed E-state index contributed by atoms with van der Waals surface area (Å²) >= 11 is 0. The van der Waals surface area contributed by atoms with E-state index in [0.29, 0.717) is 39.4 Å². The van der Waals surface area contributed by atoms with Crippen molar-refractivity contribution in [2.24, 2.45) is 5.41 Å². The molecule has 0 aliphatic heterocycles. The Labute approximate surface area is 223 Å². The first-order valence-corrected chi connectivity index (χ1v) is 12.5. The summed E-state index contributed by atoms with van der Waals surface area (Å²) in [6.07, 6.45) is 9.00. The van der Waals surface area contributed by atoms with E-state index in [1.165, 1.54) is 0 Å². The maximum Gasteiger partial charge on any atom is 0.178 e. The molecular weight excluding hydrogens is 493 g/mol. The van der Waals surface area contributed by atoms with Gasteiger partial charge in [-0.2, -0.15) is 5.10 Å². The Morgan fingerprint density at radius 1 is 1.03 bits per heavy atom. The summed E-state index contributed by atoms with van der Waals surface area (Å²) in [5.74, 6) is -0.141. The van der Waals surface area contributed by atoms with Gasteiger partial charge in [0.2, 0.25) is 0 Å². The molecule has 0 saturated carbocycles. The number of fused-ring (bicyclic) bond motifs is 2. The second kappa shape index (κ2) is 9.39. The second-order valence-corrected chi connectivity index (χ2v) is 10.6. The molecular formula is C29H26FN9. The standard InChI is InChI=1S/C29H26FN9/c1-16(12-29(2,3)4)35-18-11-17(13-31-14-18)24-23(30)22-21(15-34-24)38-39-26(22)28-36-25-19(8-10-33-27(25)37-28)20-7-5-6-9-32-20/h5-11,13-15,35H,1,12H2,2-4H3,(H,38,39)(H,33,36,37). The van der Waals surface area contributed by atoms with Gasteiger partial charge in [-0.3, -0.25) is 20.1 Å². The van der Waals surface area contributed by atoms with Crippen LogP contribution in [0.4, 0.5) is 10.1 Å². The first-order chi connectivity index (χ1) is 18.8. The quantitative estimate of drug-likeness (QED) is 0.229. The Kier molecular flexibility index (Phi) is 5.86. The van der Waals surface area contributed by atoms with Gasteiger partial charge in [-0.25, -0.2) is 14.4 Å². The van der Waals surface area contributed by atoms with E-state index in [1.807, 2.05) is 30.3 Å². The van der Waals surface area contributed by atoms with E-state index in [0.717, 1.165) is 23.4 Å². The van der Waals surface area contributed by atoms with Gasteiger partial charge in [-0.15, -0.1) is 0 Å². The molecule has 0 unspecified atom stereocenters. The minimum atomic E-state index is -0.526. The SMILES string of the molecule is C=C(CC(C)(C)C)Nc1cncc(-c2ncc3[nH]nc(-c4nc5nccc(-c6ccccn6)c5[nH]4)c3c2F)c1. The van der Waals surface area contributed by atoms with Crippen molar-refractivity contribution < 1.29 is 4.39 Å². The monoisotopic (exact) mass is 519 g/mol. The fourth-order valence-electron chi connectivity index (χ4n) is 4.63. The zero-order valence-corrected chi connectivity index (χ0v) is 21.7. The van der Waals surface area contributed by atoms with Gasteiger partial charge in [-0.05, 0) is 36.1 Å². The number of imidazole rings is 1. The van der Waals surface area contributed by atoms with Gasteiger partial charge >= 0.3 is 0 Å². The number of pyridine rings is 4. The molecule has 0 aliphatic rings. The number of aromatic amines is 2. The van der Waals surface area contributed by atoms with Crippen molar-refractivity contribution in [1.29, 1.82) is 0 Å². The summed E-state index contributed by atoms with van der Waals surface area (Å²) in [5, 5.41) is 10.8. The molecule has 6 heterocycles. The van der Waals surface area contributed by atoms with Gasteiger partial charge in [0.15, 0.2) is 17.3 Å². The lowest BCUT2D eigenvalue weighted by Gasteiger charge is -2.20. The van der Waals surface area contributed by atoms with Crippen LogP contribution in [0.15, 0.2) is 73.6 Å². The minimum absolute atomic E-state index is 0.0794. The first kappa shape index (κ1) is 24.4. The Morgan fingerprint density at radius 3 is 2.69 bits per heavy atom. The molecule has 0 bridgehead atoms. The van der Waals surface area contributed by atoms with Crippen LogP contribution >= 0.6 is 0 Å². The van der Waals surface area contributed by atoms with E-state index in [1.54, 1.807) is 31.0 Å². The van der Waals surface area contributed by atoms with E-state index in [9.17, 15) is 0 Å². The second-order valence-electron chi connectivity index (χ2n) is 10.6. The van der Waals surface area contributed by atoms with E-state index < -0.39 is 5.82 Å². The van der Waals surface area contributed by atoms with Gasteiger partial charge in [-0.1, -0.05) is 33.4 Å². The van der Waals surface area contributed by atoms with Crippen molar-refractivity contribution in [1.82, 2.24) is 40.1 Å². The number of hydrogen-bond acceptors (Lipinski definition) is 7. The summed E-state index contributed by atoms with van der Waals surface area (Å²) < 4.78 is 16.1. The van der Waals surface area contributed by atoms with Crippen molar-refractivity contribution in [3.63, 3.8) is 0 Å². The highest BCUT2D eigenvalue weighted by Crippen LogP contribution is 2.34. The van der Waals surface area contributed by atoms with Gasteiger partial charge in [0.1, 0.15) is 11.4 Å². The van der Waals surface area contributed by atoms with Crippen molar-refractivity contribution in [2.45, 2.75) is 27.2 Å². The van der Waals surface area contributed by atoms with Gasteiger partial charge < -0.3 is 10.3 Å². The molecule has 0 spiro atoms. The largest absolute Gasteiger partial charge is 0.358 e. The summed E-state index contributed by atoms with van der Waals surface area (Å²) in [6, 6.07) is 9.35. The Bertz CT molecular complexity index is 1830. The highest BCUT2D eigenvalue weighted by molar-refractivity contribution is 5.97. The average molecular weight is 520 g/mol. The van der Waals surface area contributed by atoms with Crippen LogP contribution in [0.1, 0.15) is 27.2 Å². The number of halogens is 1. The normalized spacial score (nSPS) is 11.8. The Morgan fingerprint density at radius 2 is 1.90 bits per heavy atom. The molecule has 0 saturated heterocycles. The Hall–Kier alpha value is -4.99. The van der Waals surface area contributed by atoms with Crippen LogP contribution in [-0.2, 0) is 0 Å². The molecule has 6 aromatic heterocycles. The average Bonchev–Trinajstić information content (AvgIpc) is 3.53. The van der Waals surface area contributed by atoms with E-state index >= 15 is 4.39 Å². The molecule has 9 nitrogen and oxygen atoms in total.